The van der Waals surface area contributed by atoms with Crippen LogP contribution in [0.1, 0.15) is 36.7 Å². The van der Waals surface area contributed by atoms with Crippen molar-refractivity contribution >= 4 is 5.78 Å². The third-order valence-corrected chi connectivity index (χ3v) is 2.01. The van der Waals surface area contributed by atoms with Crippen LogP contribution in [0.2, 0.25) is 0 Å². The summed E-state index contributed by atoms with van der Waals surface area (Å²) in [5.74, 6) is -0.369. The van der Waals surface area contributed by atoms with Gasteiger partial charge in [0.2, 0.25) is 0 Å². The molecule has 2 radical (unpaired) electrons. The minimum atomic E-state index is -0.369. The number of hydrogen-bond donors (Lipinski definition) is 0. The van der Waals surface area contributed by atoms with Crippen LogP contribution in [0.15, 0.2) is 24.3 Å². The average Bonchev–Trinajstić information content (AvgIpc) is 2.03. The largest absolute Gasteiger partial charge is 0.294 e. The van der Waals surface area contributed by atoms with Crippen molar-refractivity contribution < 1.29 is 4.79 Å². The van der Waals surface area contributed by atoms with E-state index in [0.717, 1.165) is 5.56 Å². The second-order valence-corrected chi connectivity index (χ2v) is 4.20. The Morgan fingerprint density at radius 1 is 1.31 bits per heavy atom. The van der Waals surface area contributed by atoms with Gasteiger partial charge in [-0.05, 0) is 17.0 Å². The summed E-state index contributed by atoms with van der Waals surface area (Å²) in [5.41, 5.74) is 1.77. The normalized spacial score (nSPS) is 11.4. The molecule has 0 saturated carbocycles. The zero-order valence-corrected chi connectivity index (χ0v) is 8.29. The van der Waals surface area contributed by atoms with Crippen LogP contribution in [-0.2, 0) is 5.41 Å². The molecule has 1 aromatic rings. The van der Waals surface area contributed by atoms with Gasteiger partial charge in [-0.3, -0.25) is 4.79 Å². The molecule has 1 rings (SSSR count). The highest BCUT2D eigenvalue weighted by Gasteiger charge is 2.14. The minimum Gasteiger partial charge on any atom is -0.294 e. The molecule has 0 amide bonds. The van der Waals surface area contributed by atoms with Gasteiger partial charge in [0, 0.05) is 12.5 Å². The molecule has 0 atom stereocenters. The quantitative estimate of drug-likeness (QED) is 0.598. The van der Waals surface area contributed by atoms with E-state index in [1.54, 1.807) is 6.07 Å². The summed E-state index contributed by atoms with van der Waals surface area (Å²) in [6.07, 6.45) is 0. The summed E-state index contributed by atoms with van der Waals surface area (Å²) in [6.45, 7) is 11.5. The lowest BCUT2D eigenvalue weighted by Gasteiger charge is -2.19. The van der Waals surface area contributed by atoms with E-state index in [1.165, 1.54) is 0 Å². The first-order chi connectivity index (χ1) is 5.91. The molecule has 0 bridgehead atoms. The van der Waals surface area contributed by atoms with Gasteiger partial charge in [-0.15, -0.1) is 0 Å². The summed E-state index contributed by atoms with van der Waals surface area (Å²) in [7, 11) is 0. The van der Waals surface area contributed by atoms with Crippen molar-refractivity contribution in [1.29, 1.82) is 0 Å². The Labute approximate surface area is 79.8 Å². The van der Waals surface area contributed by atoms with Crippen LogP contribution in [-0.4, -0.2) is 5.78 Å². The van der Waals surface area contributed by atoms with Gasteiger partial charge in [0.05, 0.1) is 0 Å². The highest BCUT2D eigenvalue weighted by molar-refractivity contribution is 5.99. The molecule has 1 heteroatoms. The lowest BCUT2D eigenvalue weighted by Crippen LogP contribution is -2.11. The highest BCUT2D eigenvalue weighted by atomic mass is 16.1. The van der Waals surface area contributed by atoms with E-state index in [1.807, 2.05) is 18.2 Å². The molecule has 0 spiro atoms. The second kappa shape index (κ2) is 3.33. The number of carbonyl (C=O) groups excluding carboxylic acids is 1. The third kappa shape index (κ3) is 2.41. The van der Waals surface area contributed by atoms with Gasteiger partial charge in [0.1, 0.15) is 0 Å². The Kier molecular flexibility index (Phi) is 2.55. The van der Waals surface area contributed by atoms with E-state index in [2.05, 4.69) is 20.8 Å². The van der Waals surface area contributed by atoms with E-state index in [-0.39, 0.29) is 11.2 Å². The molecule has 0 heterocycles. The fraction of sp³-hybridized carbons (Fsp3) is 0.333. The molecule has 0 N–H and O–H groups in total. The molecule has 1 nitrogen and oxygen atoms in total. The number of carbonyl (C=O) groups is 1. The van der Waals surface area contributed by atoms with Crippen LogP contribution in [0.5, 0.6) is 0 Å². The van der Waals surface area contributed by atoms with Crippen LogP contribution >= 0.6 is 0 Å². The summed E-state index contributed by atoms with van der Waals surface area (Å²) in [6, 6.07) is 7.45. The number of rotatable bonds is 1. The van der Waals surface area contributed by atoms with Crippen molar-refractivity contribution in [2.75, 3.05) is 0 Å². The average molecular weight is 174 g/mol. The zero-order chi connectivity index (χ0) is 10.1. The Morgan fingerprint density at radius 2 is 1.92 bits per heavy atom. The van der Waals surface area contributed by atoms with Gasteiger partial charge in [-0.25, -0.2) is 0 Å². The first-order valence-corrected chi connectivity index (χ1v) is 4.31. The fourth-order valence-corrected chi connectivity index (χ4v) is 1.14. The van der Waals surface area contributed by atoms with Gasteiger partial charge < -0.3 is 0 Å². The SMILES string of the molecule is [CH]C(=O)c1cccc(C(C)(C)C)c1. The van der Waals surface area contributed by atoms with Crippen molar-refractivity contribution in [2.45, 2.75) is 26.2 Å². The molecular weight excluding hydrogens is 160 g/mol. The molecule has 1 aromatic carbocycles. The maximum atomic E-state index is 10.9. The fourth-order valence-electron chi connectivity index (χ4n) is 1.14. The molecule has 0 saturated heterocycles. The summed E-state index contributed by atoms with van der Waals surface area (Å²) in [5, 5.41) is 0. The molecule has 0 unspecified atom stereocenters. The molecule has 0 aliphatic heterocycles. The minimum absolute atomic E-state index is 0.0610. The Hall–Kier alpha value is -1.11. The van der Waals surface area contributed by atoms with E-state index in [4.69, 9.17) is 6.92 Å². The predicted octanol–water partition coefficient (Wildman–Crippen LogP) is 2.88. The molecule has 0 aliphatic carbocycles. The van der Waals surface area contributed by atoms with Gasteiger partial charge in [0.15, 0.2) is 5.78 Å². The molecule has 68 valence electrons. The van der Waals surface area contributed by atoms with Crippen LogP contribution < -0.4 is 0 Å². The van der Waals surface area contributed by atoms with E-state index >= 15 is 0 Å². The van der Waals surface area contributed by atoms with Gasteiger partial charge in [-0.1, -0.05) is 39.0 Å². The van der Waals surface area contributed by atoms with E-state index in [0.29, 0.717) is 5.56 Å². The van der Waals surface area contributed by atoms with Crippen molar-refractivity contribution in [3.05, 3.63) is 42.3 Å². The van der Waals surface area contributed by atoms with Crippen LogP contribution in [0, 0.1) is 6.92 Å². The number of hydrogen-bond acceptors (Lipinski definition) is 1. The van der Waals surface area contributed by atoms with E-state index < -0.39 is 0 Å². The molecular formula is C12H14O. The summed E-state index contributed by atoms with van der Waals surface area (Å²) < 4.78 is 0. The lowest BCUT2D eigenvalue weighted by atomic mass is 9.86. The number of Topliss-reactive ketones (excluding diaryl/α,β-unsaturated/α-hetero) is 1. The van der Waals surface area contributed by atoms with Crippen LogP contribution in [0.4, 0.5) is 0 Å². The highest BCUT2D eigenvalue weighted by Crippen LogP contribution is 2.22. The maximum Gasteiger partial charge on any atom is 0.167 e. The summed E-state index contributed by atoms with van der Waals surface area (Å²) >= 11 is 0. The first-order valence-electron chi connectivity index (χ1n) is 4.31. The molecule has 0 aliphatic rings. The van der Waals surface area contributed by atoms with Gasteiger partial charge in [0.25, 0.3) is 0 Å². The van der Waals surface area contributed by atoms with Crippen molar-refractivity contribution in [2.24, 2.45) is 0 Å². The second-order valence-electron chi connectivity index (χ2n) is 4.20. The van der Waals surface area contributed by atoms with Crippen molar-refractivity contribution in [1.82, 2.24) is 0 Å². The van der Waals surface area contributed by atoms with Crippen molar-refractivity contribution in [3.8, 4) is 0 Å². The topological polar surface area (TPSA) is 17.1 Å². The van der Waals surface area contributed by atoms with E-state index in [9.17, 15) is 4.79 Å². The maximum absolute atomic E-state index is 10.9. The zero-order valence-electron chi connectivity index (χ0n) is 8.29. The molecule has 0 fully saturated rings. The molecule has 13 heavy (non-hydrogen) atoms. The Morgan fingerprint density at radius 3 is 2.38 bits per heavy atom. The van der Waals surface area contributed by atoms with Crippen LogP contribution in [0.3, 0.4) is 0 Å². The van der Waals surface area contributed by atoms with Gasteiger partial charge >= 0.3 is 0 Å². The summed E-state index contributed by atoms with van der Waals surface area (Å²) in [4.78, 5) is 10.9. The molecule has 0 aromatic heterocycles. The monoisotopic (exact) mass is 174 g/mol. The van der Waals surface area contributed by atoms with Crippen molar-refractivity contribution in [3.63, 3.8) is 0 Å². The van der Waals surface area contributed by atoms with Gasteiger partial charge in [-0.2, -0.15) is 0 Å². The van der Waals surface area contributed by atoms with Crippen LogP contribution in [0.25, 0.3) is 0 Å². The lowest BCUT2D eigenvalue weighted by molar-refractivity contribution is 0.104. The number of ketones is 1. The predicted molar refractivity (Wildman–Crippen MR) is 53.8 cm³/mol. The Balaban J connectivity index is 3.13. The smallest absolute Gasteiger partial charge is 0.167 e. The first kappa shape index (κ1) is 9.97. The Bertz CT molecular complexity index is 318. The number of benzene rings is 1. The standard InChI is InChI=1S/C12H14O/c1-9(13)10-6-5-7-11(8-10)12(2,3)4/h1,5-8H,2-4H3. The third-order valence-electron chi connectivity index (χ3n) is 2.01.